The average molecular weight is 174 g/mol. The van der Waals surface area contributed by atoms with Crippen molar-refractivity contribution in [2.24, 2.45) is 11.7 Å². The molecule has 3 N–H and O–H groups in total. The van der Waals surface area contributed by atoms with Crippen LogP contribution in [0.2, 0.25) is 0 Å². The van der Waals surface area contributed by atoms with Gasteiger partial charge in [0.1, 0.15) is 0 Å². The van der Waals surface area contributed by atoms with Gasteiger partial charge in [0.15, 0.2) is 0 Å². The third kappa shape index (κ3) is 6.12. The zero-order valence-corrected chi connectivity index (χ0v) is 7.80. The molecule has 0 aliphatic carbocycles. The van der Waals surface area contributed by atoms with Crippen LogP contribution in [0.4, 0.5) is 0 Å². The fourth-order valence-corrected chi connectivity index (χ4v) is 0.851. The van der Waals surface area contributed by atoms with Crippen molar-refractivity contribution in [2.75, 3.05) is 26.8 Å². The molecule has 0 aliphatic heterocycles. The fourth-order valence-electron chi connectivity index (χ4n) is 0.851. The van der Waals surface area contributed by atoms with Gasteiger partial charge in [0, 0.05) is 26.6 Å². The van der Waals surface area contributed by atoms with Crippen LogP contribution in [0.1, 0.15) is 13.3 Å². The van der Waals surface area contributed by atoms with Crippen molar-refractivity contribution in [1.82, 2.24) is 5.32 Å². The average Bonchev–Trinajstić information content (AvgIpc) is 2.02. The molecule has 12 heavy (non-hydrogen) atoms. The van der Waals surface area contributed by atoms with Crippen LogP contribution < -0.4 is 11.1 Å². The molecule has 0 aromatic rings. The van der Waals surface area contributed by atoms with Crippen molar-refractivity contribution in [1.29, 1.82) is 0 Å². The van der Waals surface area contributed by atoms with E-state index in [-0.39, 0.29) is 5.91 Å². The Morgan fingerprint density at radius 3 is 2.83 bits per heavy atom. The fraction of sp³-hybridized carbons (Fsp3) is 0.875. The minimum atomic E-state index is 0.0143. The van der Waals surface area contributed by atoms with Crippen molar-refractivity contribution in [2.45, 2.75) is 13.3 Å². The molecule has 0 rings (SSSR count). The topological polar surface area (TPSA) is 64.3 Å². The van der Waals surface area contributed by atoms with Crippen molar-refractivity contribution in [3.8, 4) is 0 Å². The van der Waals surface area contributed by atoms with E-state index in [4.69, 9.17) is 10.5 Å². The first-order chi connectivity index (χ1) is 5.70. The quantitative estimate of drug-likeness (QED) is 0.583. The first-order valence-corrected chi connectivity index (χ1v) is 4.16. The normalized spacial score (nSPS) is 12.6. The smallest absolute Gasteiger partial charge is 0.221 e. The molecule has 0 radical (unpaired) electrons. The van der Waals surface area contributed by atoms with Gasteiger partial charge in [-0.1, -0.05) is 6.92 Å². The molecule has 0 saturated heterocycles. The van der Waals surface area contributed by atoms with E-state index in [1.54, 1.807) is 7.11 Å². The number of hydrogen-bond acceptors (Lipinski definition) is 3. The van der Waals surface area contributed by atoms with E-state index < -0.39 is 0 Å². The van der Waals surface area contributed by atoms with Crippen molar-refractivity contribution in [3.63, 3.8) is 0 Å². The van der Waals surface area contributed by atoms with Crippen LogP contribution >= 0.6 is 0 Å². The molecule has 4 heteroatoms. The molecule has 1 amide bonds. The summed E-state index contributed by atoms with van der Waals surface area (Å²) in [5.41, 5.74) is 5.21. The molecule has 0 bridgehead atoms. The van der Waals surface area contributed by atoms with Crippen LogP contribution in [0.5, 0.6) is 0 Å². The molecular weight excluding hydrogens is 156 g/mol. The highest BCUT2D eigenvalue weighted by Crippen LogP contribution is 1.92. The van der Waals surface area contributed by atoms with E-state index in [1.165, 1.54) is 0 Å². The lowest BCUT2D eigenvalue weighted by Gasteiger charge is -2.10. The summed E-state index contributed by atoms with van der Waals surface area (Å²) in [4.78, 5) is 10.9. The van der Waals surface area contributed by atoms with E-state index in [1.807, 2.05) is 6.92 Å². The zero-order chi connectivity index (χ0) is 9.40. The molecule has 0 spiro atoms. The van der Waals surface area contributed by atoms with Gasteiger partial charge in [0.2, 0.25) is 5.91 Å². The summed E-state index contributed by atoms with van der Waals surface area (Å²) in [6.07, 6.45) is 0.402. The predicted octanol–water partition coefficient (Wildman–Crippen LogP) is -0.266. The van der Waals surface area contributed by atoms with Gasteiger partial charge in [0.25, 0.3) is 0 Å². The summed E-state index contributed by atoms with van der Waals surface area (Å²) in [5.74, 6) is 0.372. The van der Waals surface area contributed by atoms with Crippen LogP contribution in [0, 0.1) is 5.92 Å². The number of carbonyl (C=O) groups excluding carboxylic acids is 1. The maximum atomic E-state index is 10.9. The molecule has 0 heterocycles. The standard InChI is InChI=1S/C8H18N2O2/c1-7(6-12-2)5-10-8(11)3-4-9/h7H,3-6,9H2,1-2H3,(H,10,11). The van der Waals surface area contributed by atoms with Gasteiger partial charge in [-0.25, -0.2) is 0 Å². The second-order valence-corrected chi connectivity index (χ2v) is 2.90. The lowest BCUT2D eigenvalue weighted by molar-refractivity contribution is -0.121. The predicted molar refractivity (Wildman–Crippen MR) is 47.7 cm³/mol. The minimum absolute atomic E-state index is 0.0143. The number of methoxy groups -OCH3 is 1. The Labute approximate surface area is 73.5 Å². The number of hydrogen-bond donors (Lipinski definition) is 2. The van der Waals surface area contributed by atoms with E-state index in [0.717, 1.165) is 0 Å². The van der Waals surface area contributed by atoms with Gasteiger partial charge >= 0.3 is 0 Å². The minimum Gasteiger partial charge on any atom is -0.384 e. The van der Waals surface area contributed by atoms with Gasteiger partial charge in [-0.05, 0) is 5.92 Å². The van der Waals surface area contributed by atoms with Crippen LogP contribution in [-0.2, 0) is 9.53 Å². The first kappa shape index (κ1) is 11.4. The van der Waals surface area contributed by atoms with Crippen molar-refractivity contribution >= 4 is 5.91 Å². The Balaban J connectivity index is 3.33. The Bertz CT molecular complexity index is 128. The zero-order valence-electron chi connectivity index (χ0n) is 7.80. The Morgan fingerprint density at radius 2 is 2.33 bits per heavy atom. The van der Waals surface area contributed by atoms with Crippen LogP contribution in [0.3, 0.4) is 0 Å². The molecule has 0 aromatic heterocycles. The lowest BCUT2D eigenvalue weighted by Crippen LogP contribution is -2.31. The van der Waals surface area contributed by atoms with Crippen LogP contribution in [0.25, 0.3) is 0 Å². The van der Waals surface area contributed by atoms with E-state index in [0.29, 0.717) is 32.0 Å². The van der Waals surface area contributed by atoms with E-state index in [9.17, 15) is 4.79 Å². The molecule has 0 fully saturated rings. The molecular formula is C8H18N2O2. The van der Waals surface area contributed by atoms with Gasteiger partial charge < -0.3 is 15.8 Å². The molecule has 0 aliphatic rings. The van der Waals surface area contributed by atoms with Crippen molar-refractivity contribution < 1.29 is 9.53 Å². The molecule has 0 saturated carbocycles. The van der Waals surface area contributed by atoms with Crippen molar-refractivity contribution in [3.05, 3.63) is 0 Å². The Kier molecular flexibility index (Phi) is 6.70. The third-order valence-electron chi connectivity index (χ3n) is 1.47. The Morgan fingerprint density at radius 1 is 1.67 bits per heavy atom. The largest absolute Gasteiger partial charge is 0.384 e. The number of carbonyl (C=O) groups is 1. The monoisotopic (exact) mass is 174 g/mol. The summed E-state index contributed by atoms with van der Waals surface area (Å²) < 4.78 is 4.92. The summed E-state index contributed by atoms with van der Waals surface area (Å²) in [7, 11) is 1.65. The highest BCUT2D eigenvalue weighted by atomic mass is 16.5. The number of nitrogens with one attached hydrogen (secondary N) is 1. The Hall–Kier alpha value is -0.610. The van der Waals surface area contributed by atoms with Crippen LogP contribution in [0.15, 0.2) is 0 Å². The molecule has 4 nitrogen and oxygen atoms in total. The first-order valence-electron chi connectivity index (χ1n) is 4.16. The summed E-state index contributed by atoms with van der Waals surface area (Å²) in [5, 5.41) is 2.77. The highest BCUT2D eigenvalue weighted by molar-refractivity contribution is 5.75. The summed E-state index contributed by atoms with van der Waals surface area (Å²) in [6, 6.07) is 0. The lowest BCUT2D eigenvalue weighted by atomic mass is 10.2. The highest BCUT2D eigenvalue weighted by Gasteiger charge is 2.03. The number of ether oxygens (including phenoxy) is 1. The number of amides is 1. The van der Waals surface area contributed by atoms with Gasteiger partial charge in [-0.2, -0.15) is 0 Å². The maximum absolute atomic E-state index is 10.9. The molecule has 0 aromatic carbocycles. The number of rotatable bonds is 6. The summed E-state index contributed by atoms with van der Waals surface area (Å²) >= 11 is 0. The molecule has 1 unspecified atom stereocenters. The van der Waals surface area contributed by atoms with E-state index >= 15 is 0 Å². The van der Waals surface area contributed by atoms with Gasteiger partial charge in [-0.3, -0.25) is 4.79 Å². The maximum Gasteiger partial charge on any atom is 0.221 e. The van der Waals surface area contributed by atoms with Gasteiger partial charge in [0.05, 0.1) is 6.61 Å². The second-order valence-electron chi connectivity index (χ2n) is 2.90. The van der Waals surface area contributed by atoms with Gasteiger partial charge in [-0.15, -0.1) is 0 Å². The third-order valence-corrected chi connectivity index (χ3v) is 1.47. The molecule has 1 atom stereocenters. The van der Waals surface area contributed by atoms with E-state index in [2.05, 4.69) is 5.32 Å². The summed E-state index contributed by atoms with van der Waals surface area (Å²) in [6.45, 7) is 3.76. The SMILES string of the molecule is COCC(C)CNC(=O)CCN. The van der Waals surface area contributed by atoms with Crippen LogP contribution in [-0.4, -0.2) is 32.7 Å². The second kappa shape index (κ2) is 7.06. The molecule has 72 valence electrons. The number of nitrogens with two attached hydrogens (primary N) is 1.